The van der Waals surface area contributed by atoms with Crippen LogP contribution in [-0.2, 0) is 9.53 Å². The molecule has 0 amide bonds. The Balaban J connectivity index is 2.08. The highest BCUT2D eigenvalue weighted by atomic mass is 16.5. The molecule has 2 fully saturated rings. The predicted molar refractivity (Wildman–Crippen MR) is 35.0 cm³/mol. The van der Waals surface area contributed by atoms with Gasteiger partial charge in [-0.25, -0.2) is 0 Å². The van der Waals surface area contributed by atoms with Gasteiger partial charge in [-0.15, -0.1) is 0 Å². The maximum absolute atomic E-state index is 10.5. The summed E-state index contributed by atoms with van der Waals surface area (Å²) in [4.78, 5) is 10.5. The summed E-state index contributed by atoms with van der Waals surface area (Å²) in [5, 5.41) is 17.9. The van der Waals surface area contributed by atoms with Crippen LogP contribution in [0.4, 0.5) is 0 Å². The highest BCUT2D eigenvalue weighted by Crippen LogP contribution is 2.38. The van der Waals surface area contributed by atoms with E-state index in [0.717, 1.165) is 0 Å². The van der Waals surface area contributed by atoms with E-state index in [1.165, 1.54) is 0 Å². The number of aliphatic hydroxyl groups excluding tert-OH is 1. The van der Waals surface area contributed by atoms with Crippen molar-refractivity contribution in [3.63, 3.8) is 0 Å². The minimum Gasteiger partial charge on any atom is -0.481 e. The molecule has 4 atom stereocenters. The number of carboxylic acids is 1. The van der Waals surface area contributed by atoms with Gasteiger partial charge in [-0.05, 0) is 6.42 Å². The number of fused-ring (bicyclic) bond motifs is 2. The van der Waals surface area contributed by atoms with Gasteiger partial charge in [0.25, 0.3) is 0 Å². The molecule has 2 heterocycles. The van der Waals surface area contributed by atoms with Crippen molar-refractivity contribution in [3.8, 4) is 0 Å². The maximum atomic E-state index is 10.5. The zero-order valence-corrected chi connectivity index (χ0v) is 5.93. The minimum atomic E-state index is -0.801. The number of rotatable bonds is 1. The van der Waals surface area contributed by atoms with Crippen molar-refractivity contribution in [2.75, 3.05) is 0 Å². The van der Waals surface area contributed by atoms with Crippen LogP contribution in [0, 0.1) is 5.92 Å². The van der Waals surface area contributed by atoms with Gasteiger partial charge in [0.15, 0.2) is 0 Å². The number of aliphatic hydroxyl groups is 1. The number of carboxylic acid groups (broad SMARTS) is 1. The van der Waals surface area contributed by atoms with E-state index in [1.807, 2.05) is 0 Å². The summed E-state index contributed by atoms with van der Waals surface area (Å²) < 4.78 is 5.23. The molecule has 0 aromatic heterocycles. The Bertz CT molecular complexity index is 189. The molecular weight excluding hydrogens is 148 g/mol. The van der Waals surface area contributed by atoms with E-state index in [0.29, 0.717) is 12.8 Å². The average molecular weight is 158 g/mol. The zero-order chi connectivity index (χ0) is 8.01. The number of carbonyl (C=O) groups is 1. The Morgan fingerprint density at radius 2 is 2.09 bits per heavy atom. The Hall–Kier alpha value is -0.610. The normalized spacial score (nSPS) is 48.1. The fraction of sp³-hybridized carbons (Fsp3) is 0.857. The summed E-state index contributed by atoms with van der Waals surface area (Å²) in [6, 6.07) is 0. The third-order valence-corrected chi connectivity index (χ3v) is 2.50. The van der Waals surface area contributed by atoms with Crippen LogP contribution in [-0.4, -0.2) is 34.5 Å². The van der Waals surface area contributed by atoms with E-state index in [2.05, 4.69) is 0 Å². The van der Waals surface area contributed by atoms with Gasteiger partial charge in [-0.2, -0.15) is 0 Å². The van der Waals surface area contributed by atoms with E-state index < -0.39 is 12.1 Å². The summed E-state index contributed by atoms with van der Waals surface area (Å²) in [5.74, 6) is -1.19. The highest BCUT2D eigenvalue weighted by Gasteiger charge is 2.49. The van der Waals surface area contributed by atoms with Crippen LogP contribution < -0.4 is 0 Å². The summed E-state index contributed by atoms with van der Waals surface area (Å²) in [5.41, 5.74) is 0. The van der Waals surface area contributed by atoms with Crippen molar-refractivity contribution in [2.45, 2.75) is 31.2 Å². The van der Waals surface area contributed by atoms with E-state index in [4.69, 9.17) is 9.84 Å². The van der Waals surface area contributed by atoms with Crippen LogP contribution in [0.3, 0.4) is 0 Å². The van der Waals surface area contributed by atoms with Gasteiger partial charge in [-0.1, -0.05) is 0 Å². The molecule has 62 valence electrons. The van der Waals surface area contributed by atoms with Gasteiger partial charge in [0.2, 0.25) is 0 Å². The lowest BCUT2D eigenvalue weighted by molar-refractivity contribution is -0.143. The number of hydrogen-bond donors (Lipinski definition) is 2. The Morgan fingerprint density at radius 3 is 2.45 bits per heavy atom. The Labute approximate surface area is 63.8 Å². The summed E-state index contributed by atoms with van der Waals surface area (Å²) in [6.07, 6.45) is 0.0622. The molecule has 2 bridgehead atoms. The SMILES string of the molecule is O=C(O)[C@@H]1C[C@H]2O[C@@H]1C[C@@H]2O. The van der Waals surface area contributed by atoms with Gasteiger partial charge in [0, 0.05) is 6.42 Å². The third kappa shape index (κ3) is 0.937. The first-order valence-corrected chi connectivity index (χ1v) is 3.75. The fourth-order valence-corrected chi connectivity index (χ4v) is 1.89. The number of ether oxygens (including phenoxy) is 1. The average Bonchev–Trinajstić information content (AvgIpc) is 2.43. The lowest BCUT2D eigenvalue weighted by Gasteiger charge is -2.17. The lowest BCUT2D eigenvalue weighted by atomic mass is 9.88. The van der Waals surface area contributed by atoms with Crippen molar-refractivity contribution in [2.24, 2.45) is 5.92 Å². The first-order chi connectivity index (χ1) is 5.18. The van der Waals surface area contributed by atoms with Gasteiger partial charge < -0.3 is 14.9 Å². The van der Waals surface area contributed by atoms with Crippen molar-refractivity contribution < 1.29 is 19.7 Å². The Morgan fingerprint density at radius 1 is 1.36 bits per heavy atom. The lowest BCUT2D eigenvalue weighted by Crippen LogP contribution is -2.31. The van der Waals surface area contributed by atoms with Gasteiger partial charge in [-0.3, -0.25) is 4.79 Å². The largest absolute Gasteiger partial charge is 0.481 e. The molecule has 4 heteroatoms. The summed E-state index contributed by atoms with van der Waals surface area (Å²) in [7, 11) is 0. The molecule has 2 saturated heterocycles. The van der Waals surface area contributed by atoms with Crippen LogP contribution in [0.5, 0.6) is 0 Å². The monoisotopic (exact) mass is 158 g/mol. The molecule has 0 aromatic carbocycles. The summed E-state index contributed by atoms with van der Waals surface area (Å²) in [6.45, 7) is 0. The smallest absolute Gasteiger partial charge is 0.309 e. The molecular formula is C7H10O4. The second-order valence-corrected chi connectivity index (χ2v) is 3.20. The van der Waals surface area contributed by atoms with Crippen LogP contribution in [0.2, 0.25) is 0 Å². The van der Waals surface area contributed by atoms with Crippen molar-refractivity contribution in [1.82, 2.24) is 0 Å². The quantitative estimate of drug-likeness (QED) is 0.545. The first kappa shape index (κ1) is 7.06. The fourth-order valence-electron chi connectivity index (χ4n) is 1.89. The molecule has 0 aliphatic carbocycles. The molecule has 2 aliphatic heterocycles. The molecule has 11 heavy (non-hydrogen) atoms. The Kier molecular flexibility index (Phi) is 1.40. The molecule has 2 aliphatic rings. The number of hydrogen-bond acceptors (Lipinski definition) is 3. The zero-order valence-electron chi connectivity index (χ0n) is 5.93. The van der Waals surface area contributed by atoms with Crippen molar-refractivity contribution >= 4 is 5.97 Å². The molecule has 0 spiro atoms. The first-order valence-electron chi connectivity index (χ1n) is 3.75. The van der Waals surface area contributed by atoms with Gasteiger partial charge in [0.1, 0.15) is 0 Å². The molecule has 2 N–H and O–H groups in total. The van der Waals surface area contributed by atoms with Crippen LogP contribution >= 0.6 is 0 Å². The molecule has 0 saturated carbocycles. The molecule has 0 unspecified atom stereocenters. The van der Waals surface area contributed by atoms with Gasteiger partial charge in [0.05, 0.1) is 24.2 Å². The molecule has 4 nitrogen and oxygen atoms in total. The van der Waals surface area contributed by atoms with Crippen LogP contribution in [0.25, 0.3) is 0 Å². The highest BCUT2D eigenvalue weighted by molar-refractivity contribution is 5.71. The van der Waals surface area contributed by atoms with E-state index in [1.54, 1.807) is 0 Å². The van der Waals surface area contributed by atoms with E-state index in [-0.39, 0.29) is 18.1 Å². The van der Waals surface area contributed by atoms with Gasteiger partial charge >= 0.3 is 5.97 Å². The van der Waals surface area contributed by atoms with E-state index in [9.17, 15) is 9.90 Å². The minimum absolute atomic E-state index is 0.221. The molecule has 2 rings (SSSR count). The standard InChI is InChI=1S/C7H10O4/c8-4-2-5-3(7(9)10)1-6(4)11-5/h3-6,8H,1-2H2,(H,9,10)/t3-,4+,5-,6-/m1/s1. The topological polar surface area (TPSA) is 66.8 Å². The predicted octanol–water partition coefficient (Wildman–Crippen LogP) is -0.391. The molecule has 0 aromatic rings. The number of aliphatic carboxylic acids is 1. The van der Waals surface area contributed by atoms with Crippen molar-refractivity contribution in [3.05, 3.63) is 0 Å². The third-order valence-electron chi connectivity index (χ3n) is 2.50. The second-order valence-electron chi connectivity index (χ2n) is 3.20. The van der Waals surface area contributed by atoms with Crippen LogP contribution in [0.1, 0.15) is 12.8 Å². The van der Waals surface area contributed by atoms with E-state index >= 15 is 0 Å². The maximum Gasteiger partial charge on any atom is 0.309 e. The van der Waals surface area contributed by atoms with Crippen LogP contribution in [0.15, 0.2) is 0 Å². The molecule has 0 radical (unpaired) electrons. The van der Waals surface area contributed by atoms with Crippen molar-refractivity contribution in [1.29, 1.82) is 0 Å². The summed E-state index contributed by atoms with van der Waals surface area (Å²) >= 11 is 0. The second kappa shape index (κ2) is 2.19.